The van der Waals surface area contributed by atoms with Crippen molar-refractivity contribution in [3.63, 3.8) is 0 Å². The molecule has 188 valence electrons. The molecule has 8 heteroatoms. The van der Waals surface area contributed by atoms with E-state index in [4.69, 9.17) is 9.97 Å². The third-order valence-corrected chi connectivity index (χ3v) is 6.70. The van der Waals surface area contributed by atoms with Gasteiger partial charge in [-0.15, -0.1) is 0 Å². The topological polar surface area (TPSA) is 88.0 Å². The SMILES string of the molecule is CC(CC=O)CN1CCc2nc(-c3cncc(-c4cncnc4)c3)nc(N(C)Cc3ccccc3)c2C1. The lowest BCUT2D eigenvalue weighted by atomic mass is 10.0. The summed E-state index contributed by atoms with van der Waals surface area (Å²) >= 11 is 0. The van der Waals surface area contributed by atoms with E-state index in [9.17, 15) is 4.79 Å². The molecular weight excluding hydrogens is 462 g/mol. The molecule has 0 bridgehead atoms. The van der Waals surface area contributed by atoms with E-state index in [1.165, 1.54) is 11.9 Å². The Morgan fingerprint density at radius 2 is 1.76 bits per heavy atom. The molecule has 0 spiro atoms. The lowest BCUT2D eigenvalue weighted by Gasteiger charge is -2.33. The van der Waals surface area contributed by atoms with Gasteiger partial charge in [-0.05, 0) is 17.5 Å². The van der Waals surface area contributed by atoms with E-state index in [-0.39, 0.29) is 0 Å². The van der Waals surface area contributed by atoms with Crippen LogP contribution in [0.15, 0.2) is 67.5 Å². The standard InChI is InChI=1S/C29H31N7O/c1-21(9-11-37)17-36-10-8-27-26(19-36)29(35(2)18-22-6-4-3-5-7-22)34-28(33-27)24-12-23(13-30-14-24)25-15-31-20-32-16-25/h3-7,11-16,20-21H,8-10,17-19H2,1-2H3. The van der Waals surface area contributed by atoms with Gasteiger partial charge >= 0.3 is 0 Å². The monoisotopic (exact) mass is 493 g/mol. The summed E-state index contributed by atoms with van der Waals surface area (Å²) in [5.41, 5.74) is 6.14. The molecule has 1 unspecified atom stereocenters. The van der Waals surface area contributed by atoms with Gasteiger partial charge in [0.15, 0.2) is 5.82 Å². The maximum absolute atomic E-state index is 11.0. The number of benzene rings is 1. The molecule has 4 aromatic rings. The van der Waals surface area contributed by atoms with Crippen LogP contribution in [-0.4, -0.2) is 56.2 Å². The summed E-state index contributed by atoms with van der Waals surface area (Å²) in [5, 5.41) is 0. The normalized spacial score (nSPS) is 14.1. The predicted octanol–water partition coefficient (Wildman–Crippen LogP) is 4.22. The number of carbonyl (C=O) groups excluding carboxylic acids is 1. The first-order valence-corrected chi connectivity index (χ1v) is 12.6. The quantitative estimate of drug-likeness (QED) is 0.320. The van der Waals surface area contributed by atoms with Gasteiger partial charge in [0, 0.05) is 93.1 Å². The van der Waals surface area contributed by atoms with Crippen molar-refractivity contribution >= 4 is 12.1 Å². The van der Waals surface area contributed by atoms with Gasteiger partial charge in [0.2, 0.25) is 0 Å². The molecule has 0 saturated carbocycles. The molecule has 1 aliphatic heterocycles. The third-order valence-electron chi connectivity index (χ3n) is 6.70. The van der Waals surface area contributed by atoms with Gasteiger partial charge < -0.3 is 9.69 Å². The molecule has 8 nitrogen and oxygen atoms in total. The fourth-order valence-corrected chi connectivity index (χ4v) is 4.83. The zero-order chi connectivity index (χ0) is 25.6. The van der Waals surface area contributed by atoms with Gasteiger partial charge in [-0.2, -0.15) is 0 Å². The first-order valence-electron chi connectivity index (χ1n) is 12.6. The number of pyridine rings is 1. The first kappa shape index (κ1) is 24.6. The number of rotatable bonds is 9. The molecule has 0 aliphatic carbocycles. The highest BCUT2D eigenvalue weighted by Crippen LogP contribution is 2.31. The van der Waals surface area contributed by atoms with Crippen molar-refractivity contribution in [1.82, 2.24) is 29.8 Å². The van der Waals surface area contributed by atoms with Crippen molar-refractivity contribution in [2.24, 2.45) is 5.92 Å². The van der Waals surface area contributed by atoms with Crippen molar-refractivity contribution in [3.8, 4) is 22.5 Å². The highest BCUT2D eigenvalue weighted by atomic mass is 16.1. The van der Waals surface area contributed by atoms with Crippen molar-refractivity contribution in [3.05, 3.63) is 84.3 Å². The molecular formula is C29H31N7O. The second kappa shape index (κ2) is 11.3. The fraction of sp³-hybridized carbons (Fsp3) is 0.310. The van der Waals surface area contributed by atoms with Gasteiger partial charge in [-0.3, -0.25) is 9.88 Å². The largest absolute Gasteiger partial charge is 0.355 e. The van der Waals surface area contributed by atoms with Crippen LogP contribution in [0.4, 0.5) is 5.82 Å². The van der Waals surface area contributed by atoms with E-state index >= 15 is 0 Å². The summed E-state index contributed by atoms with van der Waals surface area (Å²) in [4.78, 5) is 38.5. The second-order valence-corrected chi connectivity index (χ2v) is 9.72. The number of nitrogens with zero attached hydrogens (tertiary/aromatic N) is 7. The predicted molar refractivity (Wildman–Crippen MR) is 144 cm³/mol. The minimum Gasteiger partial charge on any atom is -0.355 e. The molecule has 4 heterocycles. The van der Waals surface area contributed by atoms with Crippen LogP contribution >= 0.6 is 0 Å². The Kier molecular flexibility index (Phi) is 7.56. The van der Waals surface area contributed by atoms with Gasteiger partial charge in [-0.25, -0.2) is 19.9 Å². The number of carbonyl (C=O) groups is 1. The number of hydrogen-bond donors (Lipinski definition) is 0. The van der Waals surface area contributed by atoms with Crippen LogP contribution in [0.5, 0.6) is 0 Å². The Labute approximate surface area is 217 Å². The van der Waals surface area contributed by atoms with Crippen molar-refractivity contribution in [2.45, 2.75) is 32.9 Å². The Morgan fingerprint density at radius 1 is 1.00 bits per heavy atom. The molecule has 0 radical (unpaired) electrons. The average molecular weight is 494 g/mol. The third kappa shape index (κ3) is 5.86. The molecule has 1 aromatic carbocycles. The van der Waals surface area contributed by atoms with E-state index in [2.05, 4.69) is 63.0 Å². The van der Waals surface area contributed by atoms with Gasteiger partial charge in [0.05, 0.1) is 5.69 Å². The summed E-state index contributed by atoms with van der Waals surface area (Å²) in [7, 11) is 2.09. The van der Waals surface area contributed by atoms with Crippen LogP contribution in [0.2, 0.25) is 0 Å². The van der Waals surface area contributed by atoms with Gasteiger partial charge in [0.25, 0.3) is 0 Å². The lowest BCUT2D eigenvalue weighted by Crippen LogP contribution is -2.36. The van der Waals surface area contributed by atoms with E-state index in [0.29, 0.717) is 18.2 Å². The van der Waals surface area contributed by atoms with Crippen molar-refractivity contribution in [1.29, 1.82) is 0 Å². The summed E-state index contributed by atoms with van der Waals surface area (Å²) in [5.74, 6) is 1.92. The second-order valence-electron chi connectivity index (χ2n) is 9.72. The Morgan fingerprint density at radius 3 is 2.54 bits per heavy atom. The summed E-state index contributed by atoms with van der Waals surface area (Å²) < 4.78 is 0. The molecule has 0 N–H and O–H groups in total. The van der Waals surface area contributed by atoms with Crippen LogP contribution in [0, 0.1) is 5.92 Å². The number of aldehydes is 1. The van der Waals surface area contributed by atoms with Crippen molar-refractivity contribution < 1.29 is 4.79 Å². The lowest BCUT2D eigenvalue weighted by molar-refractivity contribution is -0.108. The number of hydrogen-bond acceptors (Lipinski definition) is 8. The zero-order valence-electron chi connectivity index (χ0n) is 21.3. The molecule has 3 aromatic heterocycles. The maximum Gasteiger partial charge on any atom is 0.163 e. The van der Waals surface area contributed by atoms with Crippen LogP contribution in [0.1, 0.15) is 30.2 Å². The minimum absolute atomic E-state index is 0.320. The van der Waals surface area contributed by atoms with E-state index in [1.807, 2.05) is 18.3 Å². The van der Waals surface area contributed by atoms with E-state index < -0.39 is 0 Å². The summed E-state index contributed by atoms with van der Waals surface area (Å²) in [6.45, 7) is 5.43. The van der Waals surface area contributed by atoms with Gasteiger partial charge in [0.1, 0.15) is 18.4 Å². The Balaban J connectivity index is 1.51. The van der Waals surface area contributed by atoms with E-state index in [0.717, 1.165) is 72.7 Å². The number of aromatic nitrogens is 5. The van der Waals surface area contributed by atoms with E-state index in [1.54, 1.807) is 18.6 Å². The van der Waals surface area contributed by atoms with Crippen LogP contribution < -0.4 is 4.90 Å². The van der Waals surface area contributed by atoms with Crippen LogP contribution in [0.25, 0.3) is 22.5 Å². The van der Waals surface area contributed by atoms with Crippen LogP contribution in [-0.2, 0) is 24.3 Å². The Bertz CT molecular complexity index is 1350. The maximum atomic E-state index is 11.0. The minimum atomic E-state index is 0.320. The first-order chi connectivity index (χ1) is 18.1. The van der Waals surface area contributed by atoms with Crippen LogP contribution in [0.3, 0.4) is 0 Å². The molecule has 5 rings (SSSR count). The molecule has 1 atom stereocenters. The smallest absolute Gasteiger partial charge is 0.163 e. The van der Waals surface area contributed by atoms with Crippen molar-refractivity contribution in [2.75, 3.05) is 25.0 Å². The fourth-order valence-electron chi connectivity index (χ4n) is 4.83. The average Bonchev–Trinajstić information content (AvgIpc) is 2.93. The number of fused-ring (bicyclic) bond motifs is 1. The molecule has 37 heavy (non-hydrogen) atoms. The molecule has 0 saturated heterocycles. The number of anilines is 1. The highest BCUT2D eigenvalue weighted by molar-refractivity contribution is 5.69. The molecule has 0 amide bonds. The summed E-state index contributed by atoms with van der Waals surface area (Å²) in [6.07, 6.45) is 11.1. The molecule has 0 fully saturated rings. The van der Waals surface area contributed by atoms with Gasteiger partial charge in [-0.1, -0.05) is 37.3 Å². The zero-order valence-corrected chi connectivity index (χ0v) is 21.3. The summed E-state index contributed by atoms with van der Waals surface area (Å²) in [6, 6.07) is 12.5. The Hall–Kier alpha value is -4.04. The molecule has 1 aliphatic rings. The highest BCUT2D eigenvalue weighted by Gasteiger charge is 2.25.